The van der Waals surface area contributed by atoms with Gasteiger partial charge in [0.15, 0.2) is 0 Å². The number of carbonyl (C=O) groups excluding carboxylic acids is 2. The van der Waals surface area contributed by atoms with E-state index < -0.39 is 17.2 Å². The zero-order valence-electron chi connectivity index (χ0n) is 10.8. The zero-order chi connectivity index (χ0) is 15.0. The van der Waals surface area contributed by atoms with E-state index in [1.807, 2.05) is 0 Å². The van der Waals surface area contributed by atoms with Gasteiger partial charge in [0.05, 0.1) is 13.0 Å². The highest BCUT2D eigenvalue weighted by Crippen LogP contribution is 2.21. The average molecular weight is 298 g/mol. The third kappa shape index (κ3) is 5.31. The Bertz CT molecular complexity index is 499. The summed E-state index contributed by atoms with van der Waals surface area (Å²) in [6.07, 6.45) is -0.140. The zero-order valence-corrected chi connectivity index (χ0v) is 11.6. The maximum atomic E-state index is 11.7. The molecule has 0 spiro atoms. The van der Waals surface area contributed by atoms with E-state index >= 15 is 0 Å². The maximum Gasteiger partial charge on any atom is 0.372 e. The Hall–Kier alpha value is -2.02. The van der Waals surface area contributed by atoms with Crippen molar-refractivity contribution in [1.29, 1.82) is 0 Å². The quantitative estimate of drug-likeness (QED) is 0.807. The Morgan fingerprint density at radius 1 is 1.25 bits per heavy atom. The van der Waals surface area contributed by atoms with Gasteiger partial charge in [-0.2, -0.15) is 0 Å². The van der Waals surface area contributed by atoms with Gasteiger partial charge in [-0.15, -0.1) is 0 Å². The number of hydrogen-bond donors (Lipinski definition) is 1. The summed E-state index contributed by atoms with van der Waals surface area (Å²) in [6, 6.07) is 6.21. The van der Waals surface area contributed by atoms with Crippen molar-refractivity contribution in [3.8, 4) is 5.75 Å². The number of esters is 1. The molecule has 20 heavy (non-hydrogen) atoms. The van der Waals surface area contributed by atoms with Gasteiger partial charge in [-0.05, 0) is 30.8 Å². The molecule has 0 aliphatic heterocycles. The molecular formula is C13H14O6S. The van der Waals surface area contributed by atoms with Gasteiger partial charge in [0, 0.05) is 5.75 Å². The SMILES string of the molecule is CCOC(=O)c1ccccc1OC(=O)SCCC(=O)O. The van der Waals surface area contributed by atoms with Crippen molar-refractivity contribution in [2.45, 2.75) is 13.3 Å². The van der Waals surface area contributed by atoms with Crippen molar-refractivity contribution in [2.24, 2.45) is 0 Å². The number of carboxylic acid groups (broad SMARTS) is 1. The number of rotatable bonds is 6. The predicted octanol–water partition coefficient (Wildman–Crippen LogP) is 2.57. The molecule has 1 aromatic rings. The summed E-state index contributed by atoms with van der Waals surface area (Å²) in [5, 5.41) is 7.80. The van der Waals surface area contributed by atoms with E-state index in [2.05, 4.69) is 0 Å². The summed E-state index contributed by atoms with van der Waals surface area (Å²) in [4.78, 5) is 33.5. The third-order valence-electron chi connectivity index (χ3n) is 2.11. The normalized spacial score (nSPS) is 9.85. The number of carboxylic acids is 1. The maximum absolute atomic E-state index is 11.7. The van der Waals surface area contributed by atoms with Gasteiger partial charge < -0.3 is 14.6 Å². The smallest absolute Gasteiger partial charge is 0.372 e. The second kappa shape index (κ2) is 8.21. The van der Waals surface area contributed by atoms with Crippen molar-refractivity contribution < 1.29 is 29.0 Å². The van der Waals surface area contributed by atoms with E-state index in [4.69, 9.17) is 14.6 Å². The lowest BCUT2D eigenvalue weighted by Gasteiger charge is -2.08. The van der Waals surface area contributed by atoms with E-state index in [0.717, 1.165) is 11.8 Å². The van der Waals surface area contributed by atoms with Crippen LogP contribution in [-0.2, 0) is 9.53 Å². The van der Waals surface area contributed by atoms with Gasteiger partial charge in [0.2, 0.25) is 0 Å². The fourth-order valence-electron chi connectivity index (χ4n) is 1.27. The van der Waals surface area contributed by atoms with E-state index in [1.165, 1.54) is 12.1 Å². The molecule has 0 aromatic heterocycles. The standard InChI is InChI=1S/C13H14O6S/c1-2-18-12(16)9-5-3-4-6-10(9)19-13(17)20-8-7-11(14)15/h3-6H,2,7-8H2,1H3,(H,14,15). The van der Waals surface area contributed by atoms with Crippen LogP contribution < -0.4 is 4.74 Å². The highest BCUT2D eigenvalue weighted by molar-refractivity contribution is 8.13. The van der Waals surface area contributed by atoms with Crippen LogP contribution in [0.3, 0.4) is 0 Å². The topological polar surface area (TPSA) is 89.9 Å². The van der Waals surface area contributed by atoms with Crippen LogP contribution in [0.25, 0.3) is 0 Å². The molecule has 0 saturated heterocycles. The Labute approximate surface area is 120 Å². The van der Waals surface area contributed by atoms with Gasteiger partial charge in [-0.25, -0.2) is 9.59 Å². The van der Waals surface area contributed by atoms with Crippen LogP contribution >= 0.6 is 11.8 Å². The van der Waals surface area contributed by atoms with Gasteiger partial charge in [0.25, 0.3) is 0 Å². The Morgan fingerprint density at radius 3 is 2.60 bits per heavy atom. The number of ether oxygens (including phenoxy) is 2. The second-order valence-electron chi connectivity index (χ2n) is 3.56. The molecule has 6 nitrogen and oxygen atoms in total. The minimum absolute atomic E-state index is 0.0961. The van der Waals surface area contributed by atoms with Gasteiger partial charge >= 0.3 is 17.2 Å². The van der Waals surface area contributed by atoms with Crippen molar-refractivity contribution in [2.75, 3.05) is 12.4 Å². The minimum atomic E-state index is -0.989. The molecule has 0 fully saturated rings. The van der Waals surface area contributed by atoms with Crippen LogP contribution in [0.2, 0.25) is 0 Å². The summed E-state index contributed by atoms with van der Waals surface area (Å²) in [6.45, 7) is 1.89. The number of thioether (sulfide) groups is 1. The first-order valence-electron chi connectivity index (χ1n) is 5.87. The summed E-state index contributed by atoms with van der Waals surface area (Å²) < 4.78 is 9.87. The largest absolute Gasteiger partial charge is 0.481 e. The van der Waals surface area contributed by atoms with E-state index in [1.54, 1.807) is 19.1 Å². The van der Waals surface area contributed by atoms with Gasteiger partial charge in [-0.3, -0.25) is 4.79 Å². The molecule has 0 aliphatic rings. The van der Waals surface area contributed by atoms with Crippen LogP contribution in [0.1, 0.15) is 23.7 Å². The van der Waals surface area contributed by atoms with Crippen LogP contribution in [-0.4, -0.2) is 34.7 Å². The molecular weight excluding hydrogens is 284 g/mol. The van der Waals surface area contributed by atoms with Crippen LogP contribution in [0, 0.1) is 0 Å². The number of aliphatic carboxylic acids is 1. The molecule has 0 aliphatic carbocycles. The Balaban J connectivity index is 2.65. The molecule has 0 saturated carbocycles. The summed E-state index contributed by atoms with van der Waals surface area (Å²) in [7, 11) is 0. The van der Waals surface area contributed by atoms with Crippen molar-refractivity contribution in [3.05, 3.63) is 29.8 Å². The molecule has 0 bridgehead atoms. The number of para-hydroxylation sites is 1. The Morgan fingerprint density at radius 2 is 1.95 bits per heavy atom. The number of hydrogen-bond acceptors (Lipinski definition) is 6. The predicted molar refractivity (Wildman–Crippen MR) is 73.1 cm³/mol. The van der Waals surface area contributed by atoms with E-state index in [0.29, 0.717) is 0 Å². The van der Waals surface area contributed by atoms with E-state index in [9.17, 15) is 14.4 Å². The lowest BCUT2D eigenvalue weighted by atomic mass is 10.2. The van der Waals surface area contributed by atoms with Crippen LogP contribution in [0.5, 0.6) is 5.75 Å². The van der Waals surface area contributed by atoms with Crippen LogP contribution in [0.4, 0.5) is 4.79 Å². The van der Waals surface area contributed by atoms with Gasteiger partial charge in [0.1, 0.15) is 11.3 Å². The molecule has 1 aromatic carbocycles. The van der Waals surface area contributed by atoms with Crippen molar-refractivity contribution in [3.63, 3.8) is 0 Å². The molecule has 108 valence electrons. The molecule has 1 rings (SSSR count). The molecule has 0 unspecified atom stereocenters. The number of benzene rings is 1. The lowest BCUT2D eigenvalue weighted by Crippen LogP contribution is -2.10. The first kappa shape index (κ1) is 16.0. The third-order valence-corrected chi connectivity index (χ3v) is 2.84. The Kier molecular flexibility index (Phi) is 6.58. The number of carbonyl (C=O) groups is 3. The highest BCUT2D eigenvalue weighted by atomic mass is 32.2. The summed E-state index contributed by atoms with van der Waals surface area (Å²) >= 11 is 0.739. The first-order valence-corrected chi connectivity index (χ1v) is 6.85. The summed E-state index contributed by atoms with van der Waals surface area (Å²) in [5.74, 6) is -1.36. The molecule has 0 amide bonds. The van der Waals surface area contributed by atoms with Crippen molar-refractivity contribution in [1.82, 2.24) is 0 Å². The van der Waals surface area contributed by atoms with Crippen LogP contribution in [0.15, 0.2) is 24.3 Å². The fourth-order valence-corrected chi connectivity index (χ4v) is 1.87. The summed E-state index contributed by atoms with van der Waals surface area (Å²) in [5.41, 5.74) is 0.154. The molecule has 0 heterocycles. The monoisotopic (exact) mass is 298 g/mol. The molecule has 0 radical (unpaired) electrons. The average Bonchev–Trinajstić information content (AvgIpc) is 2.39. The van der Waals surface area contributed by atoms with E-state index in [-0.39, 0.29) is 30.1 Å². The molecule has 7 heteroatoms. The molecule has 1 N–H and O–H groups in total. The van der Waals surface area contributed by atoms with Gasteiger partial charge in [-0.1, -0.05) is 12.1 Å². The molecule has 0 atom stereocenters. The fraction of sp³-hybridized carbons (Fsp3) is 0.308. The highest BCUT2D eigenvalue weighted by Gasteiger charge is 2.16. The van der Waals surface area contributed by atoms with Crippen molar-refractivity contribution >= 4 is 29.0 Å². The minimum Gasteiger partial charge on any atom is -0.481 e. The second-order valence-corrected chi connectivity index (χ2v) is 4.59. The lowest BCUT2D eigenvalue weighted by molar-refractivity contribution is -0.136. The first-order chi connectivity index (χ1) is 9.54.